The first-order chi connectivity index (χ1) is 13.7. The Morgan fingerprint density at radius 1 is 0.929 bits per heavy atom. The first-order valence-electron chi connectivity index (χ1n) is 9.26. The molecule has 2 aromatic heterocycles. The molecular formula is C21H23N5O2. The molecule has 3 heterocycles. The zero-order valence-corrected chi connectivity index (χ0v) is 16.1. The van der Waals surface area contributed by atoms with Gasteiger partial charge in [0.25, 0.3) is 0 Å². The van der Waals surface area contributed by atoms with Crippen molar-refractivity contribution >= 4 is 5.69 Å². The van der Waals surface area contributed by atoms with Crippen molar-refractivity contribution < 1.29 is 9.47 Å². The van der Waals surface area contributed by atoms with Crippen LogP contribution in [0.2, 0.25) is 0 Å². The van der Waals surface area contributed by atoms with E-state index in [-0.39, 0.29) is 0 Å². The zero-order chi connectivity index (χ0) is 19.3. The van der Waals surface area contributed by atoms with Gasteiger partial charge in [0, 0.05) is 44.1 Å². The van der Waals surface area contributed by atoms with Gasteiger partial charge in [-0.3, -0.25) is 4.98 Å². The molecule has 0 atom stereocenters. The van der Waals surface area contributed by atoms with Gasteiger partial charge >= 0.3 is 0 Å². The van der Waals surface area contributed by atoms with E-state index < -0.39 is 0 Å². The first kappa shape index (κ1) is 18.2. The minimum absolute atomic E-state index is 0.545. The summed E-state index contributed by atoms with van der Waals surface area (Å²) in [6.07, 6.45) is 5.33. The van der Waals surface area contributed by atoms with Gasteiger partial charge in [-0.25, -0.2) is 4.98 Å². The summed E-state index contributed by atoms with van der Waals surface area (Å²) in [5, 5.41) is 0. The molecule has 0 spiro atoms. The van der Waals surface area contributed by atoms with Crippen molar-refractivity contribution in [3.8, 4) is 28.8 Å². The Morgan fingerprint density at radius 2 is 1.68 bits per heavy atom. The number of hydrogen-bond donors (Lipinski definition) is 0. The fourth-order valence-corrected chi connectivity index (χ4v) is 3.09. The number of benzene rings is 1. The van der Waals surface area contributed by atoms with Crippen LogP contribution in [0.4, 0.5) is 5.69 Å². The molecule has 144 valence electrons. The molecule has 0 N–H and O–H groups in total. The van der Waals surface area contributed by atoms with Crippen LogP contribution in [0, 0.1) is 0 Å². The topological polar surface area (TPSA) is 63.6 Å². The number of methoxy groups -OCH3 is 1. The maximum Gasteiger partial charge on any atom is 0.246 e. The van der Waals surface area contributed by atoms with Crippen molar-refractivity contribution in [2.45, 2.75) is 0 Å². The van der Waals surface area contributed by atoms with E-state index in [2.05, 4.69) is 26.8 Å². The first-order valence-corrected chi connectivity index (χ1v) is 9.26. The summed E-state index contributed by atoms with van der Waals surface area (Å²) < 4.78 is 11.4. The molecule has 4 rings (SSSR count). The van der Waals surface area contributed by atoms with Crippen LogP contribution >= 0.6 is 0 Å². The molecule has 1 fully saturated rings. The SMILES string of the molecule is COc1ccc(Oc2nc(-c3cccnc3)ncc2N2CCN(C)CC2)cc1. The molecule has 0 radical (unpaired) electrons. The fraction of sp³-hybridized carbons (Fsp3) is 0.286. The van der Waals surface area contributed by atoms with Gasteiger partial charge in [0.15, 0.2) is 5.82 Å². The molecule has 0 aliphatic carbocycles. The molecule has 0 amide bonds. The third-order valence-electron chi connectivity index (χ3n) is 4.77. The molecule has 28 heavy (non-hydrogen) atoms. The molecule has 7 nitrogen and oxygen atoms in total. The lowest BCUT2D eigenvalue weighted by Gasteiger charge is -2.34. The Balaban J connectivity index is 1.68. The largest absolute Gasteiger partial charge is 0.497 e. The molecule has 0 unspecified atom stereocenters. The standard InChI is InChI=1S/C21H23N5O2/c1-25-10-12-26(13-11-25)19-15-23-20(16-4-3-9-22-14-16)24-21(19)28-18-7-5-17(27-2)6-8-18/h3-9,14-15H,10-13H2,1-2H3. The third-order valence-corrected chi connectivity index (χ3v) is 4.77. The minimum atomic E-state index is 0.545. The van der Waals surface area contributed by atoms with Crippen LogP contribution in [-0.4, -0.2) is 60.2 Å². The van der Waals surface area contributed by atoms with Gasteiger partial charge in [-0.2, -0.15) is 4.98 Å². The second-order valence-corrected chi connectivity index (χ2v) is 6.69. The molecule has 1 saturated heterocycles. The van der Waals surface area contributed by atoms with Gasteiger partial charge < -0.3 is 19.3 Å². The summed E-state index contributed by atoms with van der Waals surface area (Å²) in [6.45, 7) is 3.80. The summed E-state index contributed by atoms with van der Waals surface area (Å²) in [6, 6.07) is 11.3. The Labute approximate surface area is 164 Å². The maximum atomic E-state index is 6.17. The molecule has 0 saturated carbocycles. The van der Waals surface area contributed by atoms with E-state index in [1.807, 2.05) is 42.6 Å². The normalized spacial score (nSPS) is 14.7. The second-order valence-electron chi connectivity index (χ2n) is 6.69. The van der Waals surface area contributed by atoms with Gasteiger partial charge in [-0.1, -0.05) is 0 Å². The number of pyridine rings is 1. The Morgan fingerprint density at radius 3 is 2.36 bits per heavy atom. The Bertz CT molecular complexity index is 910. The molecule has 0 bridgehead atoms. The van der Waals surface area contributed by atoms with Gasteiger partial charge in [-0.15, -0.1) is 0 Å². The van der Waals surface area contributed by atoms with Crippen molar-refractivity contribution in [3.05, 3.63) is 55.0 Å². The van der Waals surface area contributed by atoms with Gasteiger partial charge in [0.2, 0.25) is 5.88 Å². The van der Waals surface area contributed by atoms with Gasteiger partial charge in [0.05, 0.1) is 13.3 Å². The summed E-state index contributed by atoms with van der Waals surface area (Å²) in [4.78, 5) is 18.0. The highest BCUT2D eigenvalue weighted by Crippen LogP contribution is 2.33. The number of aromatic nitrogens is 3. The second kappa shape index (κ2) is 8.22. The van der Waals surface area contributed by atoms with Crippen LogP contribution in [0.15, 0.2) is 55.0 Å². The number of ether oxygens (including phenoxy) is 2. The third kappa shape index (κ3) is 4.04. The van der Waals surface area contributed by atoms with E-state index >= 15 is 0 Å². The number of anilines is 1. The average Bonchev–Trinajstić information content (AvgIpc) is 2.76. The minimum Gasteiger partial charge on any atom is -0.497 e. The molecule has 3 aromatic rings. The van der Waals surface area contributed by atoms with E-state index in [4.69, 9.17) is 14.5 Å². The smallest absolute Gasteiger partial charge is 0.246 e. The van der Waals surface area contributed by atoms with Gasteiger partial charge in [0.1, 0.15) is 17.2 Å². The highest BCUT2D eigenvalue weighted by Gasteiger charge is 2.21. The van der Waals surface area contributed by atoms with E-state index in [0.29, 0.717) is 17.5 Å². The number of rotatable bonds is 5. The molecule has 1 aromatic carbocycles. The lowest BCUT2D eigenvalue weighted by Crippen LogP contribution is -2.44. The quantitative estimate of drug-likeness (QED) is 0.677. The van der Waals surface area contributed by atoms with Crippen molar-refractivity contribution in [1.29, 1.82) is 0 Å². The van der Waals surface area contributed by atoms with Crippen LogP contribution in [0.1, 0.15) is 0 Å². The van der Waals surface area contributed by atoms with Crippen molar-refractivity contribution in [3.63, 3.8) is 0 Å². The predicted molar refractivity (Wildman–Crippen MR) is 108 cm³/mol. The van der Waals surface area contributed by atoms with Crippen LogP contribution in [0.5, 0.6) is 17.4 Å². The summed E-state index contributed by atoms with van der Waals surface area (Å²) in [5.41, 5.74) is 1.75. The summed E-state index contributed by atoms with van der Waals surface area (Å²) in [5.74, 6) is 2.62. The Hall–Kier alpha value is -3.19. The molecule has 1 aliphatic rings. The highest BCUT2D eigenvalue weighted by molar-refractivity contribution is 5.61. The van der Waals surface area contributed by atoms with Crippen molar-refractivity contribution in [2.24, 2.45) is 0 Å². The average molecular weight is 377 g/mol. The zero-order valence-electron chi connectivity index (χ0n) is 16.1. The van der Waals surface area contributed by atoms with Crippen molar-refractivity contribution in [2.75, 3.05) is 45.2 Å². The number of nitrogens with zero attached hydrogens (tertiary/aromatic N) is 5. The highest BCUT2D eigenvalue weighted by atomic mass is 16.5. The fourth-order valence-electron chi connectivity index (χ4n) is 3.09. The molecular weight excluding hydrogens is 354 g/mol. The lowest BCUT2D eigenvalue weighted by molar-refractivity contribution is 0.311. The lowest BCUT2D eigenvalue weighted by atomic mass is 10.2. The molecule has 1 aliphatic heterocycles. The number of likely N-dealkylation sites (N-methyl/N-ethyl adjacent to an activating group) is 1. The van der Waals surface area contributed by atoms with E-state index in [1.54, 1.807) is 19.5 Å². The van der Waals surface area contributed by atoms with Crippen LogP contribution in [-0.2, 0) is 0 Å². The summed E-state index contributed by atoms with van der Waals surface area (Å²) in [7, 11) is 3.78. The van der Waals surface area contributed by atoms with Crippen LogP contribution < -0.4 is 14.4 Å². The predicted octanol–water partition coefficient (Wildman–Crippen LogP) is 3.09. The number of piperazine rings is 1. The van der Waals surface area contributed by atoms with Crippen molar-refractivity contribution in [1.82, 2.24) is 19.9 Å². The maximum absolute atomic E-state index is 6.17. The van der Waals surface area contributed by atoms with Gasteiger partial charge in [-0.05, 0) is 43.4 Å². The number of hydrogen-bond acceptors (Lipinski definition) is 7. The van der Waals surface area contributed by atoms with E-state index in [0.717, 1.165) is 43.2 Å². The van der Waals surface area contributed by atoms with E-state index in [9.17, 15) is 0 Å². The molecule has 7 heteroatoms. The van der Waals surface area contributed by atoms with Crippen LogP contribution in [0.25, 0.3) is 11.4 Å². The van der Waals surface area contributed by atoms with E-state index in [1.165, 1.54) is 0 Å². The summed E-state index contributed by atoms with van der Waals surface area (Å²) >= 11 is 0. The monoisotopic (exact) mass is 377 g/mol. The van der Waals surface area contributed by atoms with Crippen LogP contribution in [0.3, 0.4) is 0 Å². The Kier molecular flexibility index (Phi) is 5.34.